The topological polar surface area (TPSA) is 120 Å². The number of anilines is 1. The second-order valence-electron chi connectivity index (χ2n) is 10.4. The zero-order chi connectivity index (χ0) is 31.8. The predicted molar refractivity (Wildman–Crippen MR) is 175 cm³/mol. The maximum Gasteiger partial charge on any atom is 0.248 e. The van der Waals surface area contributed by atoms with Gasteiger partial charge in [0.2, 0.25) is 17.7 Å². The van der Waals surface area contributed by atoms with Crippen molar-refractivity contribution < 1.29 is 28.6 Å². The molecular weight excluding hydrogens is 590 g/mol. The van der Waals surface area contributed by atoms with Gasteiger partial charge in [-0.15, -0.1) is 11.8 Å². The van der Waals surface area contributed by atoms with E-state index in [9.17, 15) is 14.4 Å². The smallest absolute Gasteiger partial charge is 0.248 e. The third kappa shape index (κ3) is 7.77. The molecule has 3 N–H and O–H groups in total. The van der Waals surface area contributed by atoms with E-state index in [0.717, 1.165) is 16.7 Å². The number of nitrogens with one attached hydrogen (secondary N) is 1. The zero-order valence-electron chi connectivity index (χ0n) is 25.1. The van der Waals surface area contributed by atoms with Gasteiger partial charge >= 0.3 is 0 Å². The van der Waals surface area contributed by atoms with E-state index >= 15 is 0 Å². The highest BCUT2D eigenvalue weighted by molar-refractivity contribution is 8.01. The summed E-state index contributed by atoms with van der Waals surface area (Å²) in [5.74, 6) is 0.930. The van der Waals surface area contributed by atoms with Gasteiger partial charge in [-0.1, -0.05) is 54.6 Å². The fraction of sp³-hybridized carbons (Fsp3) is 0.229. The number of primary amides is 1. The van der Waals surface area contributed by atoms with E-state index < -0.39 is 16.5 Å². The minimum atomic E-state index is -0.623. The third-order valence-corrected chi connectivity index (χ3v) is 8.86. The van der Waals surface area contributed by atoms with Gasteiger partial charge in [-0.05, 0) is 65.6 Å². The molecule has 4 aromatic carbocycles. The third-order valence-electron chi connectivity index (χ3n) is 7.42. The van der Waals surface area contributed by atoms with E-state index in [-0.39, 0.29) is 18.2 Å². The first-order valence-electron chi connectivity index (χ1n) is 14.5. The number of methoxy groups -OCH3 is 2. The number of rotatable bonds is 13. The number of nitrogens with zero attached hydrogens (tertiary/aromatic N) is 1. The van der Waals surface area contributed by atoms with Crippen LogP contribution in [-0.2, 0) is 22.6 Å². The molecule has 0 spiro atoms. The Morgan fingerprint density at radius 2 is 1.62 bits per heavy atom. The summed E-state index contributed by atoms with van der Waals surface area (Å²) in [6.07, 6.45) is 0.599. The van der Waals surface area contributed by atoms with Crippen LogP contribution in [0.2, 0.25) is 0 Å². The molecule has 10 heteroatoms. The van der Waals surface area contributed by atoms with Crippen LogP contribution in [0.4, 0.5) is 5.69 Å². The summed E-state index contributed by atoms with van der Waals surface area (Å²) in [6, 6.07) is 29.8. The van der Waals surface area contributed by atoms with E-state index in [1.807, 2.05) is 72.8 Å². The van der Waals surface area contributed by atoms with E-state index in [2.05, 4.69) is 5.32 Å². The molecule has 5 rings (SSSR count). The summed E-state index contributed by atoms with van der Waals surface area (Å²) in [4.78, 5) is 40.4. The fourth-order valence-corrected chi connectivity index (χ4v) is 6.52. The molecule has 4 aromatic rings. The maximum atomic E-state index is 13.8. The lowest BCUT2D eigenvalue weighted by atomic mass is 10.1. The Balaban J connectivity index is 1.28. The number of benzene rings is 4. The van der Waals surface area contributed by atoms with Gasteiger partial charge in [-0.3, -0.25) is 19.3 Å². The van der Waals surface area contributed by atoms with Crippen molar-refractivity contribution in [2.75, 3.05) is 25.7 Å². The SMILES string of the molecule is COc1ccc(CCNC(=O)CC2SC(c3ccc(OCc4ccccc4)cc3)N(c3cccc(C(N)=O)c3)C2=O)cc1OC. The summed E-state index contributed by atoms with van der Waals surface area (Å²) in [5.41, 5.74) is 9.27. The van der Waals surface area contributed by atoms with E-state index in [0.29, 0.717) is 48.1 Å². The van der Waals surface area contributed by atoms with Gasteiger partial charge in [0.1, 0.15) is 17.7 Å². The van der Waals surface area contributed by atoms with Crippen molar-refractivity contribution in [3.05, 3.63) is 119 Å². The minimum Gasteiger partial charge on any atom is -0.493 e. The van der Waals surface area contributed by atoms with Gasteiger partial charge in [-0.2, -0.15) is 0 Å². The van der Waals surface area contributed by atoms with Crippen molar-refractivity contribution in [3.63, 3.8) is 0 Å². The summed E-state index contributed by atoms with van der Waals surface area (Å²) in [7, 11) is 3.16. The maximum absolute atomic E-state index is 13.8. The van der Waals surface area contributed by atoms with Gasteiger partial charge < -0.3 is 25.3 Å². The molecule has 1 aliphatic rings. The van der Waals surface area contributed by atoms with Gasteiger partial charge in [0.15, 0.2) is 11.5 Å². The molecule has 0 saturated carbocycles. The number of carbonyl (C=O) groups excluding carboxylic acids is 3. The largest absolute Gasteiger partial charge is 0.493 e. The van der Waals surface area contributed by atoms with Crippen molar-refractivity contribution in [2.45, 2.75) is 30.1 Å². The van der Waals surface area contributed by atoms with Crippen molar-refractivity contribution >= 4 is 35.2 Å². The first-order valence-corrected chi connectivity index (χ1v) is 15.4. The Labute approximate surface area is 266 Å². The van der Waals surface area contributed by atoms with Crippen molar-refractivity contribution in [1.29, 1.82) is 0 Å². The van der Waals surface area contributed by atoms with Crippen molar-refractivity contribution in [1.82, 2.24) is 5.32 Å². The highest BCUT2D eigenvalue weighted by atomic mass is 32.2. The van der Waals surface area contributed by atoms with Crippen LogP contribution >= 0.6 is 11.8 Å². The Kier molecular flexibility index (Phi) is 10.3. The average molecular weight is 626 g/mol. The standard InChI is InChI=1S/C35H35N3O6S/c1-42-29-16-11-23(19-30(29)43-2)17-18-37-32(39)21-31-34(41)38(27-10-6-9-26(20-27)33(36)40)35(45-31)25-12-14-28(15-13-25)44-22-24-7-4-3-5-8-24/h3-16,19-20,31,35H,17-18,21-22H2,1-2H3,(H2,36,40)(H,37,39). The number of amides is 3. The lowest BCUT2D eigenvalue weighted by Gasteiger charge is -2.25. The summed E-state index contributed by atoms with van der Waals surface area (Å²) in [6.45, 7) is 0.838. The average Bonchev–Trinajstić information content (AvgIpc) is 3.39. The van der Waals surface area contributed by atoms with E-state index in [1.54, 1.807) is 43.4 Å². The number of thioether (sulfide) groups is 1. The van der Waals surface area contributed by atoms with Crippen LogP contribution in [0.3, 0.4) is 0 Å². The van der Waals surface area contributed by atoms with E-state index in [4.69, 9.17) is 19.9 Å². The van der Waals surface area contributed by atoms with Gasteiger partial charge in [0, 0.05) is 24.2 Å². The first-order chi connectivity index (χ1) is 21.9. The highest BCUT2D eigenvalue weighted by Crippen LogP contribution is 2.47. The Morgan fingerprint density at radius 3 is 2.33 bits per heavy atom. The summed E-state index contributed by atoms with van der Waals surface area (Å²) >= 11 is 1.40. The molecule has 0 aromatic heterocycles. The number of hydrogen-bond acceptors (Lipinski definition) is 7. The normalized spacial score (nSPS) is 15.9. The quantitative estimate of drug-likeness (QED) is 0.208. The highest BCUT2D eigenvalue weighted by Gasteiger charge is 2.43. The number of carbonyl (C=O) groups is 3. The van der Waals surface area contributed by atoms with Crippen molar-refractivity contribution in [2.24, 2.45) is 5.73 Å². The van der Waals surface area contributed by atoms with Crippen LogP contribution in [-0.4, -0.2) is 43.7 Å². The number of ether oxygens (including phenoxy) is 3. The Bertz CT molecular complexity index is 1650. The van der Waals surface area contributed by atoms with Crippen molar-refractivity contribution in [3.8, 4) is 17.2 Å². The first kappa shape index (κ1) is 31.5. The lowest BCUT2D eigenvalue weighted by Crippen LogP contribution is -2.34. The molecule has 0 aliphatic carbocycles. The second-order valence-corrected chi connectivity index (χ2v) is 11.7. The molecule has 3 amide bonds. The Morgan fingerprint density at radius 1 is 0.867 bits per heavy atom. The molecule has 9 nitrogen and oxygen atoms in total. The van der Waals surface area contributed by atoms with Crippen LogP contribution in [0, 0.1) is 0 Å². The Hall–Kier alpha value is -4.96. The number of nitrogens with two attached hydrogens (primary N) is 1. The van der Waals surface area contributed by atoms with Gasteiger partial charge in [0.25, 0.3) is 0 Å². The zero-order valence-corrected chi connectivity index (χ0v) is 25.9. The molecular formula is C35H35N3O6S. The molecule has 0 bridgehead atoms. The molecule has 0 radical (unpaired) electrons. The monoisotopic (exact) mass is 625 g/mol. The summed E-state index contributed by atoms with van der Waals surface area (Å²) in [5, 5.41) is 1.89. The van der Waals surface area contributed by atoms with E-state index in [1.165, 1.54) is 11.8 Å². The predicted octanol–water partition coefficient (Wildman–Crippen LogP) is 5.28. The fourth-order valence-electron chi connectivity index (χ4n) is 5.07. The molecule has 45 heavy (non-hydrogen) atoms. The molecule has 2 unspecified atom stereocenters. The lowest BCUT2D eigenvalue weighted by molar-refractivity contribution is -0.124. The molecule has 232 valence electrons. The minimum absolute atomic E-state index is 0.0101. The van der Waals surface area contributed by atoms with Crippen LogP contribution in [0.1, 0.15) is 38.8 Å². The molecule has 1 fully saturated rings. The van der Waals surface area contributed by atoms with Crippen LogP contribution in [0.15, 0.2) is 97.1 Å². The summed E-state index contributed by atoms with van der Waals surface area (Å²) < 4.78 is 16.6. The van der Waals surface area contributed by atoms with Crippen LogP contribution in [0.5, 0.6) is 17.2 Å². The van der Waals surface area contributed by atoms with Gasteiger partial charge in [0.05, 0.1) is 19.5 Å². The molecule has 1 heterocycles. The molecule has 2 atom stereocenters. The second kappa shape index (κ2) is 14.7. The molecule has 1 aliphatic heterocycles. The number of hydrogen-bond donors (Lipinski definition) is 2. The molecule has 1 saturated heterocycles. The van der Waals surface area contributed by atoms with Crippen LogP contribution < -0.4 is 30.2 Å². The van der Waals surface area contributed by atoms with Crippen LogP contribution in [0.25, 0.3) is 0 Å². The van der Waals surface area contributed by atoms with Gasteiger partial charge in [-0.25, -0.2) is 0 Å².